The molecule has 3 unspecified atom stereocenters. The monoisotopic (exact) mass is 445 g/mol. The molecular formula is C24H21N4OS2+. The number of fused-ring (bicyclic) bond motifs is 2. The zero-order valence-corrected chi connectivity index (χ0v) is 18.5. The summed E-state index contributed by atoms with van der Waals surface area (Å²) in [5, 5.41) is 16.2. The molecule has 0 amide bonds. The van der Waals surface area contributed by atoms with Gasteiger partial charge in [-0.05, 0) is 53.0 Å². The molecule has 154 valence electrons. The zero-order chi connectivity index (χ0) is 21.1. The van der Waals surface area contributed by atoms with E-state index in [0.717, 1.165) is 34.9 Å². The highest BCUT2D eigenvalue weighted by Gasteiger charge is 2.43. The van der Waals surface area contributed by atoms with Crippen molar-refractivity contribution in [3.63, 3.8) is 0 Å². The first-order chi connectivity index (χ1) is 15.2. The summed E-state index contributed by atoms with van der Waals surface area (Å²) in [5.41, 5.74) is 10.5. The van der Waals surface area contributed by atoms with E-state index in [9.17, 15) is 10.1 Å². The number of nitrogens with zero attached hydrogens (tertiary/aromatic N) is 3. The molecule has 2 aliphatic carbocycles. The van der Waals surface area contributed by atoms with Gasteiger partial charge in [0.1, 0.15) is 6.04 Å². The molecule has 4 aromatic heterocycles. The van der Waals surface area contributed by atoms with Gasteiger partial charge in [-0.3, -0.25) is 9.78 Å². The van der Waals surface area contributed by atoms with Gasteiger partial charge in [-0.1, -0.05) is 0 Å². The lowest BCUT2D eigenvalue weighted by Crippen LogP contribution is -2.35. The molecule has 6 rings (SSSR count). The molecule has 0 aliphatic heterocycles. The quantitative estimate of drug-likeness (QED) is 0.341. The van der Waals surface area contributed by atoms with E-state index in [1.807, 2.05) is 6.20 Å². The van der Waals surface area contributed by atoms with Crippen LogP contribution in [0.1, 0.15) is 64.2 Å². The van der Waals surface area contributed by atoms with Crippen LogP contribution in [0, 0.1) is 17.2 Å². The van der Waals surface area contributed by atoms with E-state index >= 15 is 0 Å². The fraction of sp³-hybridized carbons (Fsp3) is 0.333. The molecule has 2 N–H and O–H groups in total. The Hall–Kier alpha value is -2.66. The number of carbonyl (C=O) groups excluding carboxylic acids is 1. The van der Waals surface area contributed by atoms with Crippen LogP contribution in [0.3, 0.4) is 0 Å². The third-order valence-electron chi connectivity index (χ3n) is 6.65. The van der Waals surface area contributed by atoms with Crippen LogP contribution in [0.2, 0.25) is 0 Å². The second-order valence-electron chi connectivity index (χ2n) is 8.73. The number of thiophene rings is 2. The highest BCUT2D eigenvalue weighted by atomic mass is 32.1. The molecule has 7 heteroatoms. The van der Waals surface area contributed by atoms with Gasteiger partial charge in [0.25, 0.3) is 0 Å². The average Bonchev–Trinajstić information content (AvgIpc) is 3.69. The van der Waals surface area contributed by atoms with E-state index in [0.29, 0.717) is 23.3 Å². The first-order valence-corrected chi connectivity index (χ1v) is 12.3. The molecule has 2 aliphatic rings. The molecule has 31 heavy (non-hydrogen) atoms. The van der Waals surface area contributed by atoms with Crippen LogP contribution in [0.4, 0.5) is 0 Å². The number of rotatable bonds is 6. The van der Waals surface area contributed by atoms with E-state index in [4.69, 9.17) is 5.73 Å². The third-order valence-corrected chi connectivity index (χ3v) is 8.52. The van der Waals surface area contributed by atoms with Crippen molar-refractivity contribution in [3.8, 4) is 6.07 Å². The molecule has 2 saturated carbocycles. The van der Waals surface area contributed by atoms with Crippen LogP contribution < -0.4 is 10.3 Å². The summed E-state index contributed by atoms with van der Waals surface area (Å²) in [4.78, 5) is 15.7. The molecular weight excluding hydrogens is 424 g/mol. The number of hydrogen-bond acceptors (Lipinski definition) is 6. The van der Waals surface area contributed by atoms with Gasteiger partial charge in [-0.25, -0.2) is 4.57 Å². The largest absolute Gasteiger partial charge is 0.312 e. The van der Waals surface area contributed by atoms with Crippen molar-refractivity contribution >= 4 is 49.1 Å². The molecule has 0 radical (unpaired) electrons. The minimum Gasteiger partial charge on any atom is -0.312 e. The Morgan fingerprint density at radius 1 is 1.19 bits per heavy atom. The van der Waals surface area contributed by atoms with E-state index in [2.05, 4.69) is 38.8 Å². The number of nitrogens with two attached hydrogens (primary N) is 1. The number of carbonyl (C=O) groups is 1. The van der Waals surface area contributed by atoms with Crippen molar-refractivity contribution in [2.75, 3.05) is 0 Å². The molecule has 3 atom stereocenters. The number of nitriles is 1. The zero-order valence-electron chi connectivity index (χ0n) is 16.8. The Labute approximate surface area is 187 Å². The Kier molecular flexibility index (Phi) is 4.42. The molecule has 4 heterocycles. The predicted octanol–water partition coefficient (Wildman–Crippen LogP) is 4.82. The lowest BCUT2D eigenvalue weighted by Gasteiger charge is -2.07. The number of aromatic nitrogens is 2. The maximum absolute atomic E-state index is 11.5. The van der Waals surface area contributed by atoms with Gasteiger partial charge >= 0.3 is 0 Å². The van der Waals surface area contributed by atoms with Crippen LogP contribution >= 0.6 is 22.7 Å². The second-order valence-corrected chi connectivity index (χ2v) is 10.6. The first kappa shape index (κ1) is 19.1. The Bertz CT molecular complexity index is 1380. The molecule has 2 fully saturated rings. The van der Waals surface area contributed by atoms with Crippen LogP contribution in [-0.2, 0) is 6.54 Å². The molecule has 5 nitrogen and oxygen atoms in total. The maximum Gasteiger partial charge on any atom is 0.186 e. The molecule has 0 saturated heterocycles. The predicted molar refractivity (Wildman–Crippen MR) is 122 cm³/mol. The van der Waals surface area contributed by atoms with Crippen molar-refractivity contribution in [3.05, 3.63) is 57.8 Å². The normalized spacial score (nSPS) is 21.3. The van der Waals surface area contributed by atoms with Crippen LogP contribution in [-0.4, -0.2) is 11.3 Å². The van der Waals surface area contributed by atoms with E-state index < -0.39 is 6.04 Å². The summed E-state index contributed by atoms with van der Waals surface area (Å²) in [6.07, 6.45) is 12.3. The van der Waals surface area contributed by atoms with Gasteiger partial charge in [0.15, 0.2) is 25.2 Å². The van der Waals surface area contributed by atoms with Crippen molar-refractivity contribution < 1.29 is 9.36 Å². The van der Waals surface area contributed by atoms with Crippen molar-refractivity contribution in [2.24, 2.45) is 11.7 Å². The SMILES string of the molecule is N#CC(N)c1c[n+](CC2CC2c2csc3cncc(C=O)c23)cc2scc(C3CC3)c12. The highest BCUT2D eigenvalue weighted by molar-refractivity contribution is 7.17. The van der Waals surface area contributed by atoms with Crippen LogP contribution in [0.25, 0.3) is 20.2 Å². The third kappa shape index (κ3) is 3.18. The number of hydrogen-bond donors (Lipinski definition) is 1. The smallest absolute Gasteiger partial charge is 0.186 e. The summed E-state index contributed by atoms with van der Waals surface area (Å²) in [7, 11) is 0. The van der Waals surface area contributed by atoms with Gasteiger partial charge in [-0.2, -0.15) is 5.26 Å². The van der Waals surface area contributed by atoms with Gasteiger partial charge in [0.05, 0.1) is 21.0 Å². The summed E-state index contributed by atoms with van der Waals surface area (Å²) in [6.45, 7) is 0.890. The molecule has 0 aromatic carbocycles. The fourth-order valence-corrected chi connectivity index (χ4v) is 6.97. The minimum absolute atomic E-state index is 0.455. The lowest BCUT2D eigenvalue weighted by molar-refractivity contribution is -0.699. The molecule has 4 aromatic rings. The van der Waals surface area contributed by atoms with Crippen molar-refractivity contribution in [1.29, 1.82) is 5.26 Å². The second kappa shape index (κ2) is 7.20. The Balaban J connectivity index is 1.33. The van der Waals surface area contributed by atoms with Gasteiger partial charge in [-0.15, -0.1) is 22.7 Å². The average molecular weight is 446 g/mol. The van der Waals surface area contributed by atoms with E-state index in [-0.39, 0.29) is 0 Å². The highest BCUT2D eigenvalue weighted by Crippen LogP contribution is 2.51. The van der Waals surface area contributed by atoms with E-state index in [1.165, 1.54) is 34.1 Å². The molecule has 0 bridgehead atoms. The topological polar surface area (TPSA) is 83.7 Å². The first-order valence-electron chi connectivity index (χ1n) is 10.6. The van der Waals surface area contributed by atoms with E-state index in [1.54, 1.807) is 28.9 Å². The maximum atomic E-state index is 11.5. The summed E-state index contributed by atoms with van der Waals surface area (Å²) >= 11 is 3.42. The summed E-state index contributed by atoms with van der Waals surface area (Å²) in [5.74, 6) is 1.61. The van der Waals surface area contributed by atoms with Crippen LogP contribution in [0.15, 0.2) is 35.5 Å². The number of pyridine rings is 2. The standard InChI is InChI=1S/C24H21N4OS2/c25-4-20(26)17-8-28(9-22-24(17)18(11-31-22)13-1-2-13)7-14-3-16(14)19-12-30-21-6-27-5-15(10-29)23(19)21/h5-6,8-14,16,20H,1-3,7,26H2/q+1. The summed E-state index contributed by atoms with van der Waals surface area (Å²) < 4.78 is 4.52. The molecule has 0 spiro atoms. The van der Waals surface area contributed by atoms with Gasteiger partial charge in [0, 0.05) is 34.6 Å². The Morgan fingerprint density at radius 2 is 2.00 bits per heavy atom. The van der Waals surface area contributed by atoms with Gasteiger partial charge in [0.2, 0.25) is 0 Å². The number of aldehydes is 1. The lowest BCUT2D eigenvalue weighted by atomic mass is 10.0. The minimum atomic E-state index is -0.611. The van der Waals surface area contributed by atoms with Crippen molar-refractivity contribution in [1.82, 2.24) is 4.98 Å². The van der Waals surface area contributed by atoms with Gasteiger partial charge < -0.3 is 5.73 Å². The van der Waals surface area contributed by atoms with Crippen LogP contribution in [0.5, 0.6) is 0 Å². The fourth-order valence-electron chi connectivity index (χ4n) is 4.83. The summed E-state index contributed by atoms with van der Waals surface area (Å²) in [6, 6.07) is 1.63. The Morgan fingerprint density at radius 3 is 2.77 bits per heavy atom. The van der Waals surface area contributed by atoms with Crippen molar-refractivity contribution in [2.45, 2.75) is 43.7 Å².